The minimum absolute atomic E-state index is 0.0113. The van der Waals surface area contributed by atoms with E-state index in [2.05, 4.69) is 31.4 Å². The summed E-state index contributed by atoms with van der Waals surface area (Å²) in [4.78, 5) is 16.3. The highest BCUT2D eigenvalue weighted by atomic mass is 16.2. The van der Waals surface area contributed by atoms with Crippen LogP contribution >= 0.6 is 0 Å². The molecule has 114 valence electrons. The number of H-pyrrole nitrogens is 1. The van der Waals surface area contributed by atoms with Crippen molar-refractivity contribution in [3.63, 3.8) is 0 Å². The van der Waals surface area contributed by atoms with Crippen LogP contribution < -0.4 is 4.90 Å². The predicted octanol–water partition coefficient (Wildman–Crippen LogP) is 0.651. The number of fused-ring (bicyclic) bond motifs is 1. The third-order valence-corrected chi connectivity index (χ3v) is 4.43. The van der Waals surface area contributed by atoms with Gasteiger partial charge in [-0.05, 0) is 37.0 Å². The summed E-state index contributed by atoms with van der Waals surface area (Å²) in [5, 5.41) is 15.3. The number of nitrogens with one attached hydrogen (secondary N) is 1. The Morgan fingerprint density at radius 3 is 2.77 bits per heavy atom. The summed E-state index contributed by atoms with van der Waals surface area (Å²) in [6, 6.07) is 3.88. The van der Waals surface area contributed by atoms with Crippen LogP contribution in [0.1, 0.15) is 28.2 Å². The second-order valence-electron chi connectivity index (χ2n) is 5.78. The van der Waals surface area contributed by atoms with Crippen molar-refractivity contribution in [1.29, 1.82) is 0 Å². The first kappa shape index (κ1) is 13.2. The van der Waals surface area contributed by atoms with E-state index in [1.54, 1.807) is 12.3 Å². The average molecular weight is 298 g/mol. The van der Waals surface area contributed by atoms with Crippen molar-refractivity contribution in [1.82, 2.24) is 25.3 Å². The summed E-state index contributed by atoms with van der Waals surface area (Å²) in [6.07, 6.45) is 4.94. The van der Waals surface area contributed by atoms with Gasteiger partial charge in [-0.3, -0.25) is 9.89 Å². The maximum atomic E-state index is 12.3. The third-order valence-electron chi connectivity index (χ3n) is 4.43. The number of amides is 1. The molecule has 1 aliphatic carbocycles. The number of aromatic amines is 1. The van der Waals surface area contributed by atoms with Crippen molar-refractivity contribution in [2.24, 2.45) is 0 Å². The molecule has 0 bridgehead atoms. The SMILES string of the molecule is O=C(c1ccn[nH]1)N1CCN(c2cc3c(nn2)CCC3)CC1. The summed E-state index contributed by atoms with van der Waals surface area (Å²) >= 11 is 0. The van der Waals surface area contributed by atoms with Crippen molar-refractivity contribution >= 4 is 11.7 Å². The molecule has 22 heavy (non-hydrogen) atoms. The summed E-state index contributed by atoms with van der Waals surface area (Å²) in [5.41, 5.74) is 3.03. The van der Waals surface area contributed by atoms with Crippen LogP contribution in [-0.2, 0) is 12.8 Å². The van der Waals surface area contributed by atoms with Gasteiger partial charge in [-0.15, -0.1) is 5.10 Å². The number of aromatic nitrogens is 4. The van der Waals surface area contributed by atoms with Crippen molar-refractivity contribution in [3.8, 4) is 0 Å². The zero-order valence-electron chi connectivity index (χ0n) is 12.3. The van der Waals surface area contributed by atoms with Gasteiger partial charge in [0.1, 0.15) is 5.69 Å². The zero-order chi connectivity index (χ0) is 14.9. The standard InChI is InChI=1S/C15H18N6O/c22-15(13-4-5-16-17-13)21-8-6-20(7-9-21)14-10-11-2-1-3-12(11)18-19-14/h4-5,10H,1-3,6-9H2,(H,16,17). The molecule has 0 unspecified atom stereocenters. The molecule has 0 spiro atoms. The monoisotopic (exact) mass is 298 g/mol. The number of carbonyl (C=O) groups excluding carboxylic acids is 1. The second-order valence-corrected chi connectivity index (χ2v) is 5.78. The van der Waals surface area contributed by atoms with E-state index in [1.807, 2.05) is 4.90 Å². The Kier molecular flexibility index (Phi) is 3.25. The molecule has 3 heterocycles. The topological polar surface area (TPSA) is 78.0 Å². The largest absolute Gasteiger partial charge is 0.352 e. The van der Waals surface area contributed by atoms with E-state index >= 15 is 0 Å². The lowest BCUT2D eigenvalue weighted by Crippen LogP contribution is -2.49. The maximum Gasteiger partial charge on any atom is 0.271 e. The molecule has 2 aromatic heterocycles. The van der Waals surface area contributed by atoms with E-state index in [0.717, 1.165) is 37.4 Å². The highest BCUT2D eigenvalue weighted by molar-refractivity contribution is 5.92. The smallest absolute Gasteiger partial charge is 0.271 e. The Morgan fingerprint density at radius 2 is 2.00 bits per heavy atom. The summed E-state index contributed by atoms with van der Waals surface area (Å²) < 4.78 is 0. The molecule has 0 atom stereocenters. The van der Waals surface area contributed by atoms with E-state index in [4.69, 9.17) is 0 Å². The lowest BCUT2D eigenvalue weighted by molar-refractivity contribution is 0.0740. The van der Waals surface area contributed by atoms with E-state index in [9.17, 15) is 4.79 Å². The molecule has 0 saturated carbocycles. The van der Waals surface area contributed by atoms with Gasteiger partial charge in [-0.2, -0.15) is 10.2 Å². The molecule has 1 amide bonds. The quantitative estimate of drug-likeness (QED) is 0.881. The Hall–Kier alpha value is -2.44. The fourth-order valence-electron chi connectivity index (χ4n) is 3.16. The fraction of sp³-hybridized carbons (Fsp3) is 0.467. The molecule has 1 fully saturated rings. The van der Waals surface area contributed by atoms with Gasteiger partial charge in [0.15, 0.2) is 5.82 Å². The number of nitrogens with zero attached hydrogens (tertiary/aromatic N) is 5. The average Bonchev–Trinajstić information content (AvgIpc) is 3.25. The van der Waals surface area contributed by atoms with Crippen LogP contribution in [0.3, 0.4) is 0 Å². The highest BCUT2D eigenvalue weighted by Gasteiger charge is 2.24. The zero-order valence-corrected chi connectivity index (χ0v) is 12.3. The van der Waals surface area contributed by atoms with Crippen molar-refractivity contribution in [3.05, 3.63) is 35.3 Å². The lowest BCUT2D eigenvalue weighted by atomic mass is 10.2. The van der Waals surface area contributed by atoms with Crippen LogP contribution in [-0.4, -0.2) is 57.4 Å². The molecular weight excluding hydrogens is 280 g/mol. The van der Waals surface area contributed by atoms with Crippen LogP contribution in [0.15, 0.2) is 18.3 Å². The van der Waals surface area contributed by atoms with Gasteiger partial charge in [-0.25, -0.2) is 0 Å². The van der Waals surface area contributed by atoms with Gasteiger partial charge in [0, 0.05) is 32.4 Å². The first-order valence-electron chi connectivity index (χ1n) is 7.70. The number of carbonyl (C=O) groups is 1. The first-order chi connectivity index (χ1) is 10.8. The van der Waals surface area contributed by atoms with Crippen LogP contribution in [0.25, 0.3) is 0 Å². The highest BCUT2D eigenvalue weighted by Crippen LogP contribution is 2.23. The number of anilines is 1. The van der Waals surface area contributed by atoms with E-state index in [-0.39, 0.29) is 5.91 Å². The molecule has 1 aliphatic heterocycles. The number of aryl methyl sites for hydroxylation is 2. The van der Waals surface area contributed by atoms with E-state index in [0.29, 0.717) is 18.8 Å². The Balaban J connectivity index is 1.42. The van der Waals surface area contributed by atoms with Crippen molar-refractivity contribution in [2.45, 2.75) is 19.3 Å². The molecule has 2 aliphatic rings. The minimum atomic E-state index is 0.0113. The Labute approximate surface area is 128 Å². The van der Waals surface area contributed by atoms with Crippen LogP contribution in [0.2, 0.25) is 0 Å². The van der Waals surface area contributed by atoms with E-state index < -0.39 is 0 Å². The van der Waals surface area contributed by atoms with Gasteiger partial charge in [0.2, 0.25) is 0 Å². The van der Waals surface area contributed by atoms with Gasteiger partial charge >= 0.3 is 0 Å². The number of hydrogen-bond donors (Lipinski definition) is 1. The van der Waals surface area contributed by atoms with Crippen molar-refractivity contribution < 1.29 is 4.79 Å². The van der Waals surface area contributed by atoms with Crippen LogP contribution in [0.5, 0.6) is 0 Å². The second kappa shape index (κ2) is 5.40. The Bertz CT molecular complexity index is 675. The third kappa shape index (κ3) is 2.32. The first-order valence-corrected chi connectivity index (χ1v) is 7.70. The van der Waals surface area contributed by atoms with Gasteiger partial charge in [0.25, 0.3) is 5.91 Å². The maximum absolute atomic E-state index is 12.3. The summed E-state index contributed by atoms with van der Waals surface area (Å²) in [6.45, 7) is 2.95. The fourth-order valence-corrected chi connectivity index (χ4v) is 3.16. The van der Waals surface area contributed by atoms with Crippen molar-refractivity contribution in [2.75, 3.05) is 31.1 Å². The van der Waals surface area contributed by atoms with Crippen LogP contribution in [0.4, 0.5) is 5.82 Å². The van der Waals surface area contributed by atoms with Gasteiger partial charge in [-0.1, -0.05) is 0 Å². The lowest BCUT2D eigenvalue weighted by Gasteiger charge is -2.35. The normalized spacial score (nSPS) is 17.6. The van der Waals surface area contributed by atoms with Crippen LogP contribution in [0, 0.1) is 0 Å². The molecule has 1 N–H and O–H groups in total. The molecule has 2 aromatic rings. The summed E-state index contributed by atoms with van der Waals surface area (Å²) in [7, 11) is 0. The van der Waals surface area contributed by atoms with Gasteiger partial charge < -0.3 is 9.80 Å². The number of piperazine rings is 1. The molecule has 4 rings (SSSR count). The molecule has 0 radical (unpaired) electrons. The number of rotatable bonds is 2. The summed E-state index contributed by atoms with van der Waals surface area (Å²) in [5.74, 6) is 0.950. The Morgan fingerprint density at radius 1 is 1.14 bits per heavy atom. The molecule has 1 saturated heterocycles. The van der Waals surface area contributed by atoms with E-state index in [1.165, 1.54) is 12.0 Å². The predicted molar refractivity (Wildman–Crippen MR) is 80.8 cm³/mol. The molecule has 7 nitrogen and oxygen atoms in total. The number of hydrogen-bond acceptors (Lipinski definition) is 5. The molecule has 0 aromatic carbocycles. The molecular formula is C15H18N6O. The molecule has 7 heteroatoms. The van der Waals surface area contributed by atoms with Gasteiger partial charge in [0.05, 0.1) is 5.69 Å². The minimum Gasteiger partial charge on any atom is -0.352 e.